The van der Waals surface area contributed by atoms with Gasteiger partial charge in [0.05, 0.1) is 24.5 Å². The average Bonchev–Trinajstić information content (AvgIpc) is 3.39. The molecule has 1 N–H and O–H groups in total. The second-order valence-electron chi connectivity index (χ2n) is 8.35. The summed E-state index contributed by atoms with van der Waals surface area (Å²) in [4.78, 5) is 28.1. The quantitative estimate of drug-likeness (QED) is 0.675. The number of fused-ring (bicyclic) bond motifs is 1. The predicted molar refractivity (Wildman–Crippen MR) is 119 cm³/mol. The Bertz CT molecular complexity index is 1060. The van der Waals surface area contributed by atoms with E-state index in [1.54, 1.807) is 4.90 Å². The van der Waals surface area contributed by atoms with Crippen molar-refractivity contribution in [3.8, 4) is 0 Å². The largest absolute Gasteiger partial charge is 0.360 e. The molecule has 0 aliphatic carbocycles. The minimum atomic E-state index is -0.721. The number of amides is 2. The minimum Gasteiger partial charge on any atom is -0.360 e. The lowest BCUT2D eigenvalue weighted by Gasteiger charge is -2.23. The van der Waals surface area contributed by atoms with E-state index in [1.807, 2.05) is 60.7 Å². The number of likely N-dealkylation sites (tertiary alicyclic amines) is 1. The van der Waals surface area contributed by atoms with Crippen LogP contribution in [-0.4, -0.2) is 41.5 Å². The fourth-order valence-corrected chi connectivity index (χ4v) is 5.26. The SMILES string of the molecule is O=C(NCCc1ccc(Cl)cc1)C1C2C=CC3(CN(Cc4ccccc4Cl)C(=O)C13)O2. The topological polar surface area (TPSA) is 58.6 Å². The molecule has 0 saturated carbocycles. The number of hydrogen-bond donors (Lipinski definition) is 1. The van der Waals surface area contributed by atoms with E-state index >= 15 is 0 Å². The summed E-state index contributed by atoms with van der Waals surface area (Å²) in [7, 11) is 0. The summed E-state index contributed by atoms with van der Waals surface area (Å²) in [5.74, 6) is -1.20. The van der Waals surface area contributed by atoms with Gasteiger partial charge in [-0.3, -0.25) is 9.59 Å². The van der Waals surface area contributed by atoms with Gasteiger partial charge in [-0.25, -0.2) is 0 Å². The third-order valence-corrected chi connectivity index (χ3v) is 7.05. The van der Waals surface area contributed by atoms with Gasteiger partial charge in [-0.1, -0.05) is 65.7 Å². The van der Waals surface area contributed by atoms with Crippen LogP contribution < -0.4 is 5.32 Å². The minimum absolute atomic E-state index is 0.0513. The highest BCUT2D eigenvalue weighted by Gasteiger charge is 2.66. The van der Waals surface area contributed by atoms with Crippen LogP contribution >= 0.6 is 23.2 Å². The Morgan fingerprint density at radius 3 is 2.71 bits per heavy atom. The van der Waals surface area contributed by atoms with E-state index in [4.69, 9.17) is 27.9 Å². The summed E-state index contributed by atoms with van der Waals surface area (Å²) >= 11 is 12.2. The van der Waals surface area contributed by atoms with Crippen molar-refractivity contribution in [3.63, 3.8) is 0 Å². The lowest BCUT2D eigenvalue weighted by atomic mass is 9.77. The smallest absolute Gasteiger partial charge is 0.230 e. The molecule has 2 bridgehead atoms. The maximum atomic E-state index is 13.3. The van der Waals surface area contributed by atoms with E-state index in [1.165, 1.54) is 0 Å². The molecule has 2 amide bonds. The fourth-order valence-electron chi connectivity index (χ4n) is 4.94. The van der Waals surface area contributed by atoms with Crippen LogP contribution in [0.5, 0.6) is 0 Å². The summed E-state index contributed by atoms with van der Waals surface area (Å²) < 4.78 is 6.18. The zero-order chi connectivity index (χ0) is 21.6. The van der Waals surface area contributed by atoms with Crippen LogP contribution in [-0.2, 0) is 27.3 Å². The highest BCUT2D eigenvalue weighted by molar-refractivity contribution is 6.31. The molecule has 2 saturated heterocycles. The Labute approximate surface area is 191 Å². The van der Waals surface area contributed by atoms with Crippen LogP contribution in [0.2, 0.25) is 10.0 Å². The molecule has 7 heteroatoms. The van der Waals surface area contributed by atoms with Crippen molar-refractivity contribution >= 4 is 35.0 Å². The lowest BCUT2D eigenvalue weighted by molar-refractivity contribution is -0.137. The molecule has 2 fully saturated rings. The molecule has 3 aliphatic rings. The van der Waals surface area contributed by atoms with Crippen LogP contribution in [0.25, 0.3) is 0 Å². The number of rotatable bonds is 6. The molecule has 2 aromatic carbocycles. The summed E-state index contributed by atoms with van der Waals surface area (Å²) in [6.45, 7) is 1.33. The van der Waals surface area contributed by atoms with Crippen LogP contribution in [0.15, 0.2) is 60.7 Å². The highest BCUT2D eigenvalue weighted by Crippen LogP contribution is 2.52. The Morgan fingerprint density at radius 2 is 1.94 bits per heavy atom. The Kier molecular flexibility index (Phi) is 5.29. The van der Waals surface area contributed by atoms with Crippen molar-refractivity contribution in [1.29, 1.82) is 0 Å². The highest BCUT2D eigenvalue weighted by atomic mass is 35.5. The Balaban J connectivity index is 1.27. The first-order chi connectivity index (χ1) is 15.0. The standard InChI is InChI=1S/C24H22Cl2N2O3/c25-17-7-5-15(6-8-17)10-12-27-22(29)20-19-9-11-24(31-19)14-28(23(30)21(20)24)13-16-3-1-2-4-18(16)26/h1-9,11,19-21H,10,12-14H2,(H,27,29). The van der Waals surface area contributed by atoms with Gasteiger partial charge in [-0.05, 0) is 35.7 Å². The first-order valence-corrected chi connectivity index (χ1v) is 11.1. The molecule has 31 heavy (non-hydrogen) atoms. The number of nitrogens with zero attached hydrogens (tertiary/aromatic N) is 1. The third kappa shape index (κ3) is 3.65. The summed E-state index contributed by atoms with van der Waals surface area (Å²) in [5.41, 5.74) is 1.26. The van der Waals surface area contributed by atoms with Gasteiger partial charge in [-0.15, -0.1) is 0 Å². The molecule has 0 radical (unpaired) electrons. The second-order valence-corrected chi connectivity index (χ2v) is 9.20. The summed E-state index contributed by atoms with van der Waals surface area (Å²) in [6.07, 6.45) is 4.22. The van der Waals surface area contributed by atoms with Gasteiger partial charge in [0.1, 0.15) is 5.60 Å². The number of benzene rings is 2. The number of carbonyl (C=O) groups excluding carboxylic acids is 2. The monoisotopic (exact) mass is 456 g/mol. The van der Waals surface area contributed by atoms with Gasteiger partial charge < -0.3 is 15.0 Å². The van der Waals surface area contributed by atoms with Crippen LogP contribution in [0.3, 0.4) is 0 Å². The number of carbonyl (C=O) groups is 2. The van der Waals surface area contributed by atoms with Crippen molar-refractivity contribution in [2.24, 2.45) is 11.8 Å². The van der Waals surface area contributed by atoms with Crippen molar-refractivity contribution in [1.82, 2.24) is 10.2 Å². The molecule has 4 atom stereocenters. The first kappa shape index (κ1) is 20.6. The fraction of sp³-hybridized carbons (Fsp3) is 0.333. The van der Waals surface area contributed by atoms with Gasteiger partial charge in [0.15, 0.2) is 0 Å². The molecule has 3 aliphatic heterocycles. The van der Waals surface area contributed by atoms with Crippen LogP contribution in [0, 0.1) is 11.8 Å². The van der Waals surface area contributed by atoms with E-state index in [0.717, 1.165) is 11.1 Å². The number of ether oxygens (including phenoxy) is 1. The molecule has 5 rings (SSSR count). The second kappa shape index (κ2) is 7.97. The zero-order valence-corrected chi connectivity index (χ0v) is 18.3. The summed E-state index contributed by atoms with van der Waals surface area (Å²) in [5, 5.41) is 4.31. The van der Waals surface area contributed by atoms with Crippen LogP contribution in [0.4, 0.5) is 0 Å². The Hall–Kier alpha value is -2.34. The lowest BCUT2D eigenvalue weighted by Crippen LogP contribution is -2.44. The number of halogens is 2. The van der Waals surface area contributed by atoms with E-state index in [9.17, 15) is 9.59 Å². The first-order valence-electron chi connectivity index (χ1n) is 10.4. The molecule has 2 aromatic rings. The normalized spacial score (nSPS) is 28.3. The molecular weight excluding hydrogens is 435 g/mol. The van der Waals surface area contributed by atoms with E-state index in [2.05, 4.69) is 5.32 Å². The average molecular weight is 457 g/mol. The van der Waals surface area contributed by atoms with Crippen molar-refractivity contribution in [3.05, 3.63) is 81.9 Å². The van der Waals surface area contributed by atoms with Gasteiger partial charge in [0, 0.05) is 23.1 Å². The van der Waals surface area contributed by atoms with Gasteiger partial charge in [-0.2, -0.15) is 0 Å². The molecule has 0 aromatic heterocycles. The maximum Gasteiger partial charge on any atom is 0.230 e. The zero-order valence-electron chi connectivity index (χ0n) is 16.8. The van der Waals surface area contributed by atoms with Crippen molar-refractivity contribution in [2.75, 3.05) is 13.1 Å². The molecule has 160 valence electrons. The molecular formula is C24H22Cl2N2O3. The van der Waals surface area contributed by atoms with Crippen LogP contribution in [0.1, 0.15) is 11.1 Å². The van der Waals surface area contributed by atoms with E-state index in [-0.39, 0.29) is 17.9 Å². The number of nitrogens with one attached hydrogen (secondary N) is 1. The van der Waals surface area contributed by atoms with Gasteiger partial charge in [0.25, 0.3) is 0 Å². The molecule has 1 spiro atoms. The molecule has 3 heterocycles. The van der Waals surface area contributed by atoms with E-state index < -0.39 is 17.4 Å². The Morgan fingerprint density at radius 1 is 1.16 bits per heavy atom. The molecule has 5 nitrogen and oxygen atoms in total. The third-order valence-electron chi connectivity index (χ3n) is 6.43. The van der Waals surface area contributed by atoms with E-state index in [0.29, 0.717) is 36.1 Å². The van der Waals surface area contributed by atoms with Gasteiger partial charge >= 0.3 is 0 Å². The number of hydrogen-bond acceptors (Lipinski definition) is 3. The predicted octanol–water partition coefficient (Wildman–Crippen LogP) is 3.63. The summed E-state index contributed by atoms with van der Waals surface area (Å²) in [6, 6.07) is 15.1. The maximum absolute atomic E-state index is 13.3. The molecule has 4 unspecified atom stereocenters. The van der Waals surface area contributed by atoms with Crippen molar-refractivity contribution in [2.45, 2.75) is 24.7 Å². The van der Waals surface area contributed by atoms with Gasteiger partial charge in [0.2, 0.25) is 11.8 Å². The van der Waals surface area contributed by atoms with Crippen molar-refractivity contribution < 1.29 is 14.3 Å².